The SMILES string of the molecule is COCN(C)c1cc(Br)ccc1OC. The number of methoxy groups -OCH3 is 2. The Hall–Kier alpha value is -0.740. The molecule has 0 saturated carbocycles. The summed E-state index contributed by atoms with van der Waals surface area (Å²) in [6, 6.07) is 5.87. The van der Waals surface area contributed by atoms with Crippen LogP contribution in [-0.4, -0.2) is 28.0 Å². The van der Waals surface area contributed by atoms with Crippen LogP contribution in [0.5, 0.6) is 5.75 Å². The monoisotopic (exact) mass is 259 g/mol. The highest BCUT2D eigenvalue weighted by Crippen LogP contribution is 2.30. The zero-order valence-corrected chi connectivity index (χ0v) is 10.2. The van der Waals surface area contributed by atoms with Crippen molar-refractivity contribution in [3.63, 3.8) is 0 Å². The van der Waals surface area contributed by atoms with E-state index in [-0.39, 0.29) is 0 Å². The second kappa shape index (κ2) is 5.22. The van der Waals surface area contributed by atoms with Gasteiger partial charge in [-0.3, -0.25) is 0 Å². The van der Waals surface area contributed by atoms with Crippen LogP contribution >= 0.6 is 15.9 Å². The van der Waals surface area contributed by atoms with Crippen molar-refractivity contribution in [2.75, 3.05) is 32.9 Å². The molecule has 0 atom stereocenters. The first kappa shape index (κ1) is 11.3. The van der Waals surface area contributed by atoms with Crippen molar-refractivity contribution in [3.8, 4) is 5.75 Å². The lowest BCUT2D eigenvalue weighted by molar-refractivity contribution is 0.201. The minimum Gasteiger partial charge on any atom is -0.495 e. The van der Waals surface area contributed by atoms with Crippen LogP contribution in [0.15, 0.2) is 22.7 Å². The van der Waals surface area contributed by atoms with E-state index in [1.807, 2.05) is 30.1 Å². The fraction of sp³-hybridized carbons (Fsp3) is 0.400. The molecule has 0 aliphatic rings. The smallest absolute Gasteiger partial charge is 0.142 e. The molecule has 0 amide bonds. The third-order valence-corrected chi connectivity index (χ3v) is 2.37. The molecule has 0 aliphatic carbocycles. The molecule has 0 unspecified atom stereocenters. The Morgan fingerprint density at radius 3 is 2.64 bits per heavy atom. The fourth-order valence-corrected chi connectivity index (χ4v) is 1.57. The molecular formula is C10H14BrNO2. The van der Waals surface area contributed by atoms with Crippen LogP contribution in [-0.2, 0) is 4.74 Å². The molecule has 0 N–H and O–H groups in total. The van der Waals surface area contributed by atoms with Gasteiger partial charge in [0.1, 0.15) is 12.5 Å². The number of ether oxygens (including phenoxy) is 2. The first-order valence-corrected chi connectivity index (χ1v) is 5.02. The maximum Gasteiger partial charge on any atom is 0.142 e. The topological polar surface area (TPSA) is 21.7 Å². The van der Waals surface area contributed by atoms with E-state index in [1.165, 1.54) is 0 Å². The van der Waals surface area contributed by atoms with Crippen molar-refractivity contribution in [2.24, 2.45) is 0 Å². The number of hydrogen-bond acceptors (Lipinski definition) is 3. The summed E-state index contributed by atoms with van der Waals surface area (Å²) in [6.07, 6.45) is 0. The summed E-state index contributed by atoms with van der Waals surface area (Å²) in [4.78, 5) is 1.98. The Morgan fingerprint density at radius 2 is 2.07 bits per heavy atom. The molecule has 78 valence electrons. The average molecular weight is 260 g/mol. The molecule has 4 heteroatoms. The molecule has 1 aromatic rings. The maximum absolute atomic E-state index is 5.25. The normalized spacial score (nSPS) is 10.0. The third-order valence-electron chi connectivity index (χ3n) is 1.87. The van der Waals surface area contributed by atoms with E-state index in [0.717, 1.165) is 15.9 Å². The summed E-state index contributed by atoms with van der Waals surface area (Å²) in [7, 11) is 5.28. The second-order valence-corrected chi connectivity index (χ2v) is 3.85. The van der Waals surface area contributed by atoms with Crippen molar-refractivity contribution in [1.29, 1.82) is 0 Å². The Bertz CT molecular complexity index is 304. The summed E-state index contributed by atoms with van der Waals surface area (Å²) < 4.78 is 11.3. The van der Waals surface area contributed by atoms with Crippen LogP contribution < -0.4 is 9.64 Å². The van der Waals surface area contributed by atoms with Crippen molar-refractivity contribution >= 4 is 21.6 Å². The highest BCUT2D eigenvalue weighted by Gasteiger charge is 2.07. The lowest BCUT2D eigenvalue weighted by Crippen LogP contribution is -2.20. The van der Waals surface area contributed by atoms with E-state index in [1.54, 1.807) is 14.2 Å². The molecule has 0 bridgehead atoms. The average Bonchev–Trinajstić information content (AvgIpc) is 2.18. The van der Waals surface area contributed by atoms with Crippen LogP contribution in [0.2, 0.25) is 0 Å². The lowest BCUT2D eigenvalue weighted by Gasteiger charge is -2.20. The van der Waals surface area contributed by atoms with Crippen LogP contribution in [0.1, 0.15) is 0 Å². The molecular weight excluding hydrogens is 246 g/mol. The quantitative estimate of drug-likeness (QED) is 0.776. The Balaban J connectivity index is 2.97. The van der Waals surface area contributed by atoms with Gasteiger partial charge in [-0.1, -0.05) is 15.9 Å². The van der Waals surface area contributed by atoms with E-state index in [2.05, 4.69) is 15.9 Å². The molecule has 0 aliphatic heterocycles. The number of rotatable bonds is 4. The van der Waals surface area contributed by atoms with Crippen LogP contribution in [0.3, 0.4) is 0 Å². The Labute approximate surface area is 92.7 Å². The summed E-state index contributed by atoms with van der Waals surface area (Å²) in [5, 5.41) is 0. The molecule has 0 fully saturated rings. The molecule has 0 aromatic heterocycles. The molecule has 0 spiro atoms. The van der Waals surface area contributed by atoms with Gasteiger partial charge in [-0.2, -0.15) is 0 Å². The van der Waals surface area contributed by atoms with Gasteiger partial charge in [0.2, 0.25) is 0 Å². The number of halogens is 1. The third kappa shape index (κ3) is 2.62. The van der Waals surface area contributed by atoms with Gasteiger partial charge < -0.3 is 14.4 Å². The Kier molecular flexibility index (Phi) is 4.22. The highest BCUT2D eigenvalue weighted by atomic mass is 79.9. The van der Waals surface area contributed by atoms with Crippen molar-refractivity contribution in [1.82, 2.24) is 0 Å². The van der Waals surface area contributed by atoms with Gasteiger partial charge in [0.25, 0.3) is 0 Å². The number of nitrogens with zero attached hydrogens (tertiary/aromatic N) is 1. The summed E-state index contributed by atoms with van der Waals surface area (Å²) in [5.41, 5.74) is 1.00. The van der Waals surface area contributed by atoms with Crippen LogP contribution in [0.25, 0.3) is 0 Å². The minimum atomic E-state index is 0.535. The van der Waals surface area contributed by atoms with E-state index in [9.17, 15) is 0 Å². The van der Waals surface area contributed by atoms with Gasteiger partial charge in [-0.05, 0) is 18.2 Å². The zero-order chi connectivity index (χ0) is 10.6. The first-order valence-electron chi connectivity index (χ1n) is 4.22. The largest absolute Gasteiger partial charge is 0.495 e. The minimum absolute atomic E-state index is 0.535. The second-order valence-electron chi connectivity index (χ2n) is 2.93. The molecule has 0 saturated heterocycles. The zero-order valence-electron chi connectivity index (χ0n) is 8.58. The van der Waals surface area contributed by atoms with Gasteiger partial charge in [0.05, 0.1) is 12.8 Å². The van der Waals surface area contributed by atoms with Crippen molar-refractivity contribution in [2.45, 2.75) is 0 Å². The highest BCUT2D eigenvalue weighted by molar-refractivity contribution is 9.10. The van der Waals surface area contributed by atoms with Gasteiger partial charge in [-0.15, -0.1) is 0 Å². The number of hydrogen-bond donors (Lipinski definition) is 0. The van der Waals surface area contributed by atoms with Gasteiger partial charge in [-0.25, -0.2) is 0 Å². The van der Waals surface area contributed by atoms with E-state index in [0.29, 0.717) is 6.73 Å². The fourth-order valence-electron chi connectivity index (χ4n) is 1.22. The Morgan fingerprint density at radius 1 is 1.36 bits per heavy atom. The lowest BCUT2D eigenvalue weighted by atomic mass is 10.3. The van der Waals surface area contributed by atoms with E-state index < -0.39 is 0 Å². The van der Waals surface area contributed by atoms with Gasteiger partial charge >= 0.3 is 0 Å². The number of anilines is 1. The van der Waals surface area contributed by atoms with Crippen LogP contribution in [0, 0.1) is 0 Å². The van der Waals surface area contributed by atoms with Gasteiger partial charge in [0.15, 0.2) is 0 Å². The molecule has 0 heterocycles. The van der Waals surface area contributed by atoms with Crippen LogP contribution in [0.4, 0.5) is 5.69 Å². The summed E-state index contributed by atoms with van der Waals surface area (Å²) in [5.74, 6) is 0.841. The standard InChI is InChI=1S/C10H14BrNO2/c1-12(7-13-2)9-6-8(11)4-5-10(9)14-3/h4-6H,7H2,1-3H3. The van der Waals surface area contributed by atoms with Gasteiger partial charge in [0, 0.05) is 18.6 Å². The predicted molar refractivity (Wildman–Crippen MR) is 61.0 cm³/mol. The molecule has 14 heavy (non-hydrogen) atoms. The maximum atomic E-state index is 5.25. The summed E-state index contributed by atoms with van der Waals surface area (Å²) >= 11 is 3.42. The molecule has 3 nitrogen and oxygen atoms in total. The molecule has 1 aromatic carbocycles. The molecule has 0 radical (unpaired) electrons. The van der Waals surface area contributed by atoms with Crippen molar-refractivity contribution in [3.05, 3.63) is 22.7 Å². The summed E-state index contributed by atoms with van der Waals surface area (Å²) in [6.45, 7) is 0.535. The van der Waals surface area contributed by atoms with E-state index >= 15 is 0 Å². The molecule has 1 rings (SSSR count). The first-order chi connectivity index (χ1) is 6.69. The number of benzene rings is 1. The van der Waals surface area contributed by atoms with Crippen molar-refractivity contribution < 1.29 is 9.47 Å². The van der Waals surface area contributed by atoms with E-state index in [4.69, 9.17) is 9.47 Å². The predicted octanol–water partition coefficient (Wildman–Crippen LogP) is 2.50.